The van der Waals surface area contributed by atoms with Gasteiger partial charge in [0.1, 0.15) is 17.0 Å². The molecule has 2 bridgehead atoms. The monoisotopic (exact) mass is 432 g/mol. The summed E-state index contributed by atoms with van der Waals surface area (Å²) in [6, 6.07) is 4.16. The lowest BCUT2D eigenvalue weighted by molar-refractivity contribution is -0.154. The molecule has 4 aliphatic rings. The van der Waals surface area contributed by atoms with Crippen LogP contribution < -0.4 is 4.72 Å². The number of amides is 1. The second-order valence-corrected chi connectivity index (χ2v) is 9.32. The molecule has 1 aliphatic carbocycles. The third kappa shape index (κ3) is 3.43. The number of nitrogens with one attached hydrogen (secondary N) is 1. The Morgan fingerprint density at radius 2 is 2.21 bits per heavy atom. The second kappa shape index (κ2) is 7.85. The second-order valence-electron chi connectivity index (χ2n) is 8.12. The van der Waals surface area contributed by atoms with E-state index in [4.69, 9.17) is 16.3 Å². The van der Waals surface area contributed by atoms with Crippen LogP contribution in [-0.2, 0) is 9.53 Å². The molecule has 1 amide bonds. The number of anilines is 1. The van der Waals surface area contributed by atoms with Crippen molar-refractivity contribution in [2.45, 2.75) is 43.8 Å². The molecule has 5 rings (SSSR count). The Balaban J connectivity index is 1.39. The van der Waals surface area contributed by atoms with Crippen LogP contribution in [0.15, 0.2) is 42.3 Å². The maximum atomic E-state index is 13.4. The lowest BCUT2D eigenvalue weighted by atomic mass is 9.71. The number of nitrogens with zero attached hydrogens (tertiary/aromatic N) is 3. The number of fused-ring (bicyclic) bond motifs is 6. The maximum Gasteiger partial charge on any atom is 0.241 e. The Hall–Kier alpha value is -1.70. The average molecular weight is 433 g/mol. The fourth-order valence-electron chi connectivity index (χ4n) is 5.30. The van der Waals surface area contributed by atoms with Gasteiger partial charge in [-0.25, -0.2) is 9.29 Å². The summed E-state index contributed by atoms with van der Waals surface area (Å²) in [5, 5.41) is 0.474. The number of carbonyl (C=O) groups excluding carboxylic acids is 1. The molecule has 5 atom stereocenters. The number of methoxy groups -OCH3 is 1. The van der Waals surface area contributed by atoms with Gasteiger partial charge in [0, 0.05) is 30.6 Å². The number of rotatable bonds is 4. The standard InChI is InChI=1S/C21H25ClN4O2S/c1-28-15-6-7-16-13(11-15)9-10-25-20(16)17-3-2-4-18(21(25)27)26(17)29-24-14-5-8-19(22)23-12-14/h5-8,11-13,16-18,20,24H,2-4,9-10H2,1H3. The van der Waals surface area contributed by atoms with E-state index in [0.29, 0.717) is 23.0 Å². The highest BCUT2D eigenvalue weighted by molar-refractivity contribution is 7.98. The van der Waals surface area contributed by atoms with Crippen molar-refractivity contribution in [2.75, 3.05) is 18.4 Å². The normalized spacial score (nSPS) is 33.6. The molecule has 1 N–H and O–H groups in total. The predicted octanol–water partition coefficient (Wildman–Crippen LogP) is 3.88. The minimum atomic E-state index is -0.0584. The largest absolute Gasteiger partial charge is 0.497 e. The highest BCUT2D eigenvalue weighted by Crippen LogP contribution is 2.46. The molecule has 0 radical (unpaired) electrons. The van der Waals surface area contributed by atoms with Crippen LogP contribution >= 0.6 is 23.7 Å². The first-order valence-electron chi connectivity index (χ1n) is 10.2. The molecule has 29 heavy (non-hydrogen) atoms. The molecule has 0 spiro atoms. The summed E-state index contributed by atoms with van der Waals surface area (Å²) in [5.74, 6) is 1.99. The Bertz CT molecular complexity index is 846. The molecular formula is C21H25ClN4O2S. The van der Waals surface area contributed by atoms with E-state index in [1.165, 1.54) is 0 Å². The smallest absolute Gasteiger partial charge is 0.241 e. The molecule has 0 aromatic carbocycles. The van der Waals surface area contributed by atoms with E-state index in [9.17, 15) is 4.79 Å². The zero-order chi connectivity index (χ0) is 20.0. The van der Waals surface area contributed by atoms with Crippen molar-refractivity contribution in [3.63, 3.8) is 0 Å². The van der Waals surface area contributed by atoms with E-state index in [0.717, 1.165) is 43.7 Å². The summed E-state index contributed by atoms with van der Waals surface area (Å²) >= 11 is 7.43. The molecule has 4 heterocycles. The van der Waals surface area contributed by atoms with Crippen molar-refractivity contribution in [3.05, 3.63) is 47.5 Å². The van der Waals surface area contributed by atoms with E-state index >= 15 is 0 Å². The molecule has 3 saturated heterocycles. The van der Waals surface area contributed by atoms with Crippen LogP contribution in [0.5, 0.6) is 0 Å². The molecule has 5 unspecified atom stereocenters. The lowest BCUT2D eigenvalue weighted by Crippen LogP contribution is -2.70. The van der Waals surface area contributed by atoms with Gasteiger partial charge in [0.25, 0.3) is 0 Å². The number of allylic oxidation sites excluding steroid dienone is 2. The van der Waals surface area contributed by atoms with Crippen molar-refractivity contribution in [2.24, 2.45) is 11.8 Å². The number of piperazine rings is 1. The van der Waals surface area contributed by atoms with Crippen LogP contribution in [0.2, 0.25) is 5.15 Å². The minimum absolute atomic E-state index is 0.0584. The summed E-state index contributed by atoms with van der Waals surface area (Å²) in [7, 11) is 1.72. The Labute approximate surface area is 180 Å². The number of ether oxygens (including phenoxy) is 1. The summed E-state index contributed by atoms with van der Waals surface area (Å²) in [4.78, 5) is 19.7. The maximum absolute atomic E-state index is 13.4. The van der Waals surface area contributed by atoms with Crippen LogP contribution in [0.4, 0.5) is 5.69 Å². The van der Waals surface area contributed by atoms with Gasteiger partial charge in [-0.1, -0.05) is 17.7 Å². The molecule has 8 heteroatoms. The zero-order valence-corrected chi connectivity index (χ0v) is 17.9. The zero-order valence-electron chi connectivity index (χ0n) is 16.3. The topological polar surface area (TPSA) is 57.7 Å². The summed E-state index contributed by atoms with van der Waals surface area (Å²) in [6.45, 7) is 0.839. The first-order valence-corrected chi connectivity index (χ1v) is 11.4. The third-order valence-electron chi connectivity index (χ3n) is 6.62. The fourth-order valence-corrected chi connectivity index (χ4v) is 6.43. The van der Waals surface area contributed by atoms with Crippen LogP contribution in [0.1, 0.15) is 25.7 Å². The number of hydrogen-bond donors (Lipinski definition) is 1. The van der Waals surface area contributed by atoms with Gasteiger partial charge in [-0.15, -0.1) is 0 Å². The van der Waals surface area contributed by atoms with Crippen LogP contribution in [-0.4, -0.2) is 51.9 Å². The molecule has 1 aromatic rings. The third-order valence-corrected chi connectivity index (χ3v) is 7.91. The molecule has 154 valence electrons. The number of hydrogen-bond acceptors (Lipinski definition) is 6. The molecule has 1 aromatic heterocycles. The molecular weight excluding hydrogens is 408 g/mol. The lowest BCUT2D eigenvalue weighted by Gasteiger charge is -2.57. The van der Waals surface area contributed by atoms with Gasteiger partial charge < -0.3 is 14.4 Å². The first kappa shape index (κ1) is 19.3. The SMILES string of the molecule is COC1=CC2CCN3C(=O)C4CCCC(C3C2C=C1)N4SNc1ccc(Cl)nc1. The van der Waals surface area contributed by atoms with Gasteiger partial charge in [-0.3, -0.25) is 4.79 Å². The van der Waals surface area contributed by atoms with Gasteiger partial charge in [-0.05, 0) is 55.9 Å². The van der Waals surface area contributed by atoms with Crippen molar-refractivity contribution >= 4 is 35.3 Å². The molecule has 0 saturated carbocycles. The van der Waals surface area contributed by atoms with Crippen molar-refractivity contribution in [3.8, 4) is 0 Å². The van der Waals surface area contributed by atoms with E-state index in [1.807, 2.05) is 6.07 Å². The van der Waals surface area contributed by atoms with Gasteiger partial charge >= 0.3 is 0 Å². The van der Waals surface area contributed by atoms with E-state index in [1.54, 1.807) is 31.5 Å². The van der Waals surface area contributed by atoms with Gasteiger partial charge in [-0.2, -0.15) is 0 Å². The number of halogens is 1. The number of carbonyl (C=O) groups is 1. The van der Waals surface area contributed by atoms with Crippen LogP contribution in [0, 0.1) is 11.8 Å². The van der Waals surface area contributed by atoms with Gasteiger partial charge in [0.05, 0.1) is 25.0 Å². The number of pyridine rings is 1. The van der Waals surface area contributed by atoms with Gasteiger partial charge in [0.2, 0.25) is 5.91 Å². The van der Waals surface area contributed by atoms with Crippen LogP contribution in [0.25, 0.3) is 0 Å². The number of aromatic nitrogens is 1. The fraction of sp³-hybridized carbons (Fsp3) is 0.524. The number of piperidine rings is 2. The summed E-state index contributed by atoms with van der Waals surface area (Å²) in [6.07, 6.45) is 12.4. The van der Waals surface area contributed by atoms with Crippen LogP contribution in [0.3, 0.4) is 0 Å². The highest BCUT2D eigenvalue weighted by atomic mass is 35.5. The summed E-state index contributed by atoms with van der Waals surface area (Å²) in [5.41, 5.74) is 0.888. The van der Waals surface area contributed by atoms with Gasteiger partial charge in [0.15, 0.2) is 0 Å². The Morgan fingerprint density at radius 3 is 3.00 bits per heavy atom. The highest BCUT2D eigenvalue weighted by Gasteiger charge is 2.54. The van der Waals surface area contributed by atoms with E-state index in [-0.39, 0.29) is 18.0 Å². The first-order chi connectivity index (χ1) is 14.2. The Morgan fingerprint density at radius 1 is 1.31 bits per heavy atom. The van der Waals surface area contributed by atoms with Crippen molar-refractivity contribution in [1.82, 2.24) is 14.2 Å². The molecule has 3 aliphatic heterocycles. The minimum Gasteiger partial charge on any atom is -0.497 e. The summed E-state index contributed by atoms with van der Waals surface area (Å²) < 4.78 is 11.1. The predicted molar refractivity (Wildman–Crippen MR) is 115 cm³/mol. The van der Waals surface area contributed by atoms with E-state index < -0.39 is 0 Å². The molecule has 6 nitrogen and oxygen atoms in total. The average Bonchev–Trinajstić information content (AvgIpc) is 2.76. The van der Waals surface area contributed by atoms with Crippen molar-refractivity contribution < 1.29 is 9.53 Å². The van der Waals surface area contributed by atoms with Crippen molar-refractivity contribution in [1.29, 1.82) is 0 Å². The Kier molecular flexibility index (Phi) is 5.22. The van der Waals surface area contributed by atoms with E-state index in [2.05, 4.69) is 37.1 Å². The quantitative estimate of drug-likeness (QED) is 0.575. The molecule has 3 fully saturated rings.